The minimum Gasteiger partial charge on any atom is -0.309 e. The predicted octanol–water partition coefficient (Wildman–Crippen LogP) is 10.5. The van der Waals surface area contributed by atoms with Gasteiger partial charge in [-0.2, -0.15) is 0 Å². The summed E-state index contributed by atoms with van der Waals surface area (Å²) < 4.78 is 2.35. The molecule has 9 aromatic rings. The molecule has 0 radical (unpaired) electrons. The highest BCUT2D eigenvalue weighted by Crippen LogP contribution is 2.61. The average Bonchev–Trinajstić information content (AvgIpc) is 3.56. The van der Waals surface area contributed by atoms with E-state index in [0.717, 1.165) is 44.4 Å². The van der Waals surface area contributed by atoms with E-state index < -0.39 is 5.41 Å². The molecular weight excluding hydrogens is 621 g/mol. The Morgan fingerprint density at radius 2 is 0.961 bits per heavy atom. The average molecular weight is 651 g/mol. The Morgan fingerprint density at radius 3 is 1.63 bits per heavy atom. The molecule has 0 unspecified atom stereocenters. The largest absolute Gasteiger partial charge is 0.309 e. The summed E-state index contributed by atoms with van der Waals surface area (Å²) in [4.78, 5) is 16.4. The van der Waals surface area contributed by atoms with Gasteiger partial charge in [-0.15, -0.1) is 0 Å². The monoisotopic (exact) mass is 650 g/mol. The molecule has 4 heteroatoms. The van der Waals surface area contributed by atoms with Crippen LogP contribution in [-0.2, 0) is 5.41 Å². The normalized spacial score (nSPS) is 16.9. The van der Waals surface area contributed by atoms with Crippen LogP contribution in [0.15, 0.2) is 176 Å². The summed E-state index contributed by atoms with van der Waals surface area (Å²) in [6, 6.07) is 62.7. The highest BCUT2D eigenvalue weighted by molar-refractivity contribution is 6.15. The molecule has 2 heterocycles. The third kappa shape index (κ3) is 3.82. The lowest BCUT2D eigenvalue weighted by Gasteiger charge is -2.49. The van der Waals surface area contributed by atoms with E-state index in [-0.39, 0.29) is 5.92 Å². The summed E-state index contributed by atoms with van der Waals surface area (Å²) in [6.07, 6.45) is 0. The van der Waals surface area contributed by atoms with E-state index in [1.807, 2.05) is 6.07 Å². The van der Waals surface area contributed by atoms with Gasteiger partial charge in [-0.25, -0.2) is 15.0 Å². The smallest absolute Gasteiger partial charge is 0.164 e. The molecule has 2 bridgehead atoms. The van der Waals surface area contributed by atoms with E-state index in [2.05, 4.69) is 174 Å². The Labute approximate surface area is 295 Å². The van der Waals surface area contributed by atoms with Gasteiger partial charge in [0.1, 0.15) is 5.41 Å². The number of nitrogens with zero attached hydrogens (tertiary/aromatic N) is 4. The van der Waals surface area contributed by atoms with Crippen molar-refractivity contribution in [2.24, 2.45) is 0 Å². The number of hydrogen-bond donors (Lipinski definition) is 0. The molecule has 51 heavy (non-hydrogen) atoms. The SMILES string of the molecule is c1ccc(-c2nc(-c3cccc4c3c3ccccc3n4-c3ccccc3)nc(C34c5ccccc5C(c5ccccc53)c3ccccc34)n2)cc1. The molecule has 0 atom stereocenters. The van der Waals surface area contributed by atoms with Gasteiger partial charge < -0.3 is 4.57 Å². The summed E-state index contributed by atoms with van der Waals surface area (Å²) >= 11 is 0. The summed E-state index contributed by atoms with van der Waals surface area (Å²) in [5, 5.41) is 2.28. The number of aromatic nitrogens is 4. The molecule has 7 aromatic carbocycles. The van der Waals surface area contributed by atoms with Crippen molar-refractivity contribution < 1.29 is 0 Å². The Morgan fingerprint density at radius 1 is 0.431 bits per heavy atom. The van der Waals surface area contributed by atoms with E-state index >= 15 is 0 Å². The Hall–Kier alpha value is -6.65. The van der Waals surface area contributed by atoms with Gasteiger partial charge in [0.25, 0.3) is 0 Å². The van der Waals surface area contributed by atoms with Crippen molar-refractivity contribution in [3.05, 3.63) is 215 Å². The molecule has 4 nitrogen and oxygen atoms in total. The van der Waals surface area contributed by atoms with Crippen LogP contribution in [0.1, 0.15) is 45.1 Å². The van der Waals surface area contributed by atoms with Gasteiger partial charge in [0.15, 0.2) is 17.5 Å². The first kappa shape index (κ1) is 28.2. The zero-order valence-corrected chi connectivity index (χ0v) is 27.6. The van der Waals surface area contributed by atoms with Crippen LogP contribution in [0, 0.1) is 0 Å². The van der Waals surface area contributed by atoms with Crippen molar-refractivity contribution in [1.29, 1.82) is 0 Å². The second-order valence-corrected chi connectivity index (χ2v) is 13.5. The lowest BCUT2D eigenvalue weighted by molar-refractivity contribution is 0.591. The fourth-order valence-corrected chi connectivity index (χ4v) is 9.01. The van der Waals surface area contributed by atoms with Crippen molar-refractivity contribution in [2.45, 2.75) is 11.3 Å². The molecule has 0 amide bonds. The van der Waals surface area contributed by atoms with E-state index in [1.165, 1.54) is 33.4 Å². The molecule has 0 N–H and O–H groups in total. The van der Waals surface area contributed by atoms with Gasteiger partial charge in [-0.05, 0) is 57.6 Å². The number of rotatable bonds is 4. The highest BCUT2D eigenvalue weighted by atomic mass is 15.1. The third-order valence-electron chi connectivity index (χ3n) is 11.0. The maximum Gasteiger partial charge on any atom is 0.164 e. The van der Waals surface area contributed by atoms with Gasteiger partial charge in [-0.1, -0.05) is 152 Å². The Kier molecular flexibility index (Phi) is 5.90. The molecule has 0 aliphatic heterocycles. The summed E-state index contributed by atoms with van der Waals surface area (Å²) in [6.45, 7) is 0. The summed E-state index contributed by atoms with van der Waals surface area (Å²) in [7, 11) is 0. The molecule has 0 saturated carbocycles. The molecule has 0 saturated heterocycles. The van der Waals surface area contributed by atoms with Gasteiger partial charge in [0.2, 0.25) is 0 Å². The van der Waals surface area contributed by atoms with Gasteiger partial charge in [0, 0.05) is 33.5 Å². The molecule has 3 aliphatic carbocycles. The fourth-order valence-electron chi connectivity index (χ4n) is 9.01. The Bertz CT molecular complexity index is 2700. The van der Waals surface area contributed by atoms with Crippen LogP contribution >= 0.6 is 0 Å². The van der Waals surface area contributed by atoms with Crippen LogP contribution < -0.4 is 0 Å². The van der Waals surface area contributed by atoms with Gasteiger partial charge >= 0.3 is 0 Å². The molecule has 2 aromatic heterocycles. The topological polar surface area (TPSA) is 43.6 Å². The minimum atomic E-state index is -0.730. The first-order valence-corrected chi connectivity index (χ1v) is 17.5. The predicted molar refractivity (Wildman–Crippen MR) is 204 cm³/mol. The van der Waals surface area contributed by atoms with Crippen molar-refractivity contribution in [3.63, 3.8) is 0 Å². The van der Waals surface area contributed by atoms with E-state index in [9.17, 15) is 0 Å². The zero-order valence-electron chi connectivity index (χ0n) is 27.6. The molecular formula is C47H30N4. The van der Waals surface area contributed by atoms with Crippen LogP contribution in [0.2, 0.25) is 0 Å². The molecule has 0 fully saturated rings. The summed E-state index contributed by atoms with van der Waals surface area (Å²) in [5.41, 5.74) is 12.2. The lowest BCUT2D eigenvalue weighted by atomic mass is 9.52. The van der Waals surface area contributed by atoms with Crippen molar-refractivity contribution >= 4 is 21.8 Å². The van der Waals surface area contributed by atoms with Crippen molar-refractivity contribution in [3.8, 4) is 28.5 Å². The molecule has 12 rings (SSSR count). The second kappa shape index (κ2) is 10.7. The first-order valence-electron chi connectivity index (χ1n) is 17.5. The molecule has 3 aliphatic rings. The Balaban J connectivity index is 1.28. The number of fused-ring (bicyclic) bond motifs is 3. The first-order chi connectivity index (χ1) is 25.3. The summed E-state index contributed by atoms with van der Waals surface area (Å²) in [5.74, 6) is 2.22. The van der Waals surface area contributed by atoms with Crippen LogP contribution in [0.4, 0.5) is 0 Å². The quantitative estimate of drug-likeness (QED) is 0.190. The fraction of sp³-hybridized carbons (Fsp3) is 0.0426. The highest BCUT2D eigenvalue weighted by Gasteiger charge is 2.54. The molecule has 0 spiro atoms. The second-order valence-electron chi connectivity index (χ2n) is 13.5. The number of para-hydroxylation sites is 2. The number of benzene rings is 7. The zero-order chi connectivity index (χ0) is 33.5. The van der Waals surface area contributed by atoms with Crippen molar-refractivity contribution in [2.75, 3.05) is 0 Å². The van der Waals surface area contributed by atoms with Crippen LogP contribution in [-0.4, -0.2) is 19.5 Å². The van der Waals surface area contributed by atoms with Gasteiger partial charge in [-0.3, -0.25) is 0 Å². The number of hydrogen-bond acceptors (Lipinski definition) is 3. The van der Waals surface area contributed by atoms with Gasteiger partial charge in [0.05, 0.1) is 11.0 Å². The maximum atomic E-state index is 5.62. The van der Waals surface area contributed by atoms with E-state index in [1.54, 1.807) is 0 Å². The molecule has 238 valence electrons. The maximum absolute atomic E-state index is 5.62. The van der Waals surface area contributed by atoms with Crippen LogP contribution in [0.3, 0.4) is 0 Å². The minimum absolute atomic E-state index is 0.156. The lowest BCUT2D eigenvalue weighted by Crippen LogP contribution is -2.44. The third-order valence-corrected chi connectivity index (χ3v) is 11.0. The van der Waals surface area contributed by atoms with Crippen molar-refractivity contribution in [1.82, 2.24) is 19.5 Å². The van der Waals surface area contributed by atoms with E-state index in [0.29, 0.717) is 11.6 Å². The van der Waals surface area contributed by atoms with Crippen LogP contribution in [0.5, 0.6) is 0 Å². The standard InChI is InChI=1S/C47H30N4/c1-3-16-30(17-4-1)44-48-45(36-24-15-29-41-43(36)35-23-10-14-28-40(35)51(41)31-18-5-2-6-19-31)50-46(49-44)47-37-25-11-7-20-32(37)42(33-21-8-12-26-38(33)47)34-22-9-13-27-39(34)47/h1-29,42H. The van der Waals surface area contributed by atoms with Crippen LogP contribution in [0.25, 0.3) is 50.3 Å². The van der Waals surface area contributed by atoms with E-state index in [4.69, 9.17) is 15.0 Å².